The normalized spacial score (nSPS) is 10.9. The van der Waals surface area contributed by atoms with Crippen LogP contribution in [-0.2, 0) is 0 Å². The Morgan fingerprint density at radius 3 is 2.94 bits per heavy atom. The third-order valence-corrected chi connectivity index (χ3v) is 2.45. The van der Waals surface area contributed by atoms with Crippen LogP contribution in [0.15, 0.2) is 34.9 Å². The van der Waals surface area contributed by atoms with E-state index in [0.717, 1.165) is 0 Å². The lowest BCUT2D eigenvalue weighted by molar-refractivity contribution is 0.0697. The minimum atomic E-state index is -1.06. The zero-order valence-corrected chi connectivity index (χ0v) is 9.07. The van der Waals surface area contributed by atoms with Crippen LogP contribution in [0, 0.1) is 0 Å². The summed E-state index contributed by atoms with van der Waals surface area (Å²) in [5.41, 5.74) is 6.16. The molecule has 0 aromatic carbocycles. The van der Waals surface area contributed by atoms with Gasteiger partial charge in [0, 0.05) is 0 Å². The molecule has 3 aromatic heterocycles. The van der Waals surface area contributed by atoms with Gasteiger partial charge >= 0.3 is 5.97 Å². The van der Waals surface area contributed by atoms with Crippen molar-refractivity contribution in [3.05, 3.63) is 36.1 Å². The fourth-order valence-corrected chi connectivity index (χ4v) is 1.64. The van der Waals surface area contributed by atoms with Crippen LogP contribution in [0.25, 0.3) is 17.2 Å². The van der Waals surface area contributed by atoms with Crippen LogP contribution >= 0.6 is 0 Å². The highest BCUT2D eigenvalue weighted by Crippen LogP contribution is 2.19. The highest BCUT2D eigenvalue weighted by molar-refractivity contribution is 5.89. The molecular formula is C11H8N4O3. The van der Waals surface area contributed by atoms with E-state index >= 15 is 0 Å². The molecule has 0 bridgehead atoms. The number of hydrogen-bond donors (Lipinski definition) is 2. The molecule has 0 aliphatic rings. The molecule has 0 aliphatic heterocycles. The van der Waals surface area contributed by atoms with Crippen molar-refractivity contribution in [1.82, 2.24) is 14.6 Å². The summed E-state index contributed by atoms with van der Waals surface area (Å²) in [7, 11) is 0. The maximum Gasteiger partial charge on any atom is 0.335 e. The molecule has 90 valence electrons. The summed E-state index contributed by atoms with van der Waals surface area (Å²) in [5.74, 6) is -0.00818. The smallest absolute Gasteiger partial charge is 0.335 e. The summed E-state index contributed by atoms with van der Waals surface area (Å²) in [5, 5.41) is 13.1. The van der Waals surface area contributed by atoms with E-state index in [0.29, 0.717) is 17.2 Å². The van der Waals surface area contributed by atoms with Crippen LogP contribution in [0.5, 0.6) is 0 Å². The molecule has 0 saturated carbocycles. The van der Waals surface area contributed by atoms with Crippen LogP contribution in [0.2, 0.25) is 0 Å². The molecule has 7 nitrogen and oxygen atoms in total. The van der Waals surface area contributed by atoms with E-state index in [1.165, 1.54) is 22.9 Å². The molecule has 7 heteroatoms. The van der Waals surface area contributed by atoms with Gasteiger partial charge in [0.15, 0.2) is 11.4 Å². The van der Waals surface area contributed by atoms with Gasteiger partial charge in [-0.3, -0.25) is 0 Å². The summed E-state index contributed by atoms with van der Waals surface area (Å²) in [6.07, 6.45) is 1.51. The van der Waals surface area contributed by atoms with Crippen molar-refractivity contribution in [2.45, 2.75) is 0 Å². The fraction of sp³-hybridized carbons (Fsp3) is 0. The van der Waals surface area contributed by atoms with Crippen molar-refractivity contribution in [2.75, 3.05) is 5.73 Å². The van der Waals surface area contributed by atoms with Gasteiger partial charge in [0.05, 0.1) is 11.8 Å². The molecule has 0 radical (unpaired) electrons. The molecule has 18 heavy (non-hydrogen) atoms. The summed E-state index contributed by atoms with van der Waals surface area (Å²) in [6, 6.07) is 6.16. The molecule has 3 heterocycles. The molecule has 3 N–H and O–H groups in total. The van der Waals surface area contributed by atoms with Crippen LogP contribution in [0.3, 0.4) is 0 Å². The van der Waals surface area contributed by atoms with Gasteiger partial charge in [0.1, 0.15) is 5.82 Å². The summed E-state index contributed by atoms with van der Waals surface area (Å²) in [6.45, 7) is 0. The highest BCUT2D eigenvalue weighted by Gasteiger charge is 2.13. The van der Waals surface area contributed by atoms with Gasteiger partial charge in [-0.25, -0.2) is 9.78 Å². The zero-order chi connectivity index (χ0) is 12.7. The van der Waals surface area contributed by atoms with E-state index in [1.54, 1.807) is 12.1 Å². The number of anilines is 1. The Kier molecular flexibility index (Phi) is 2.06. The lowest BCUT2D eigenvalue weighted by atomic mass is 10.2. The van der Waals surface area contributed by atoms with E-state index in [2.05, 4.69) is 10.1 Å². The van der Waals surface area contributed by atoms with Crippen LogP contribution in [0.1, 0.15) is 10.4 Å². The number of carboxylic acid groups (broad SMARTS) is 1. The SMILES string of the molecule is Nc1cc(C(=O)O)cc2nc(-c3ccco3)nn12. The summed E-state index contributed by atoms with van der Waals surface area (Å²) in [4.78, 5) is 15.1. The second kappa shape index (κ2) is 3.59. The molecular weight excluding hydrogens is 236 g/mol. The quantitative estimate of drug-likeness (QED) is 0.703. The number of pyridine rings is 1. The lowest BCUT2D eigenvalue weighted by Crippen LogP contribution is -2.03. The summed E-state index contributed by atoms with van der Waals surface area (Å²) >= 11 is 0. The Hall–Kier alpha value is -2.83. The van der Waals surface area contributed by atoms with Crippen LogP contribution in [0.4, 0.5) is 5.82 Å². The molecule has 0 spiro atoms. The van der Waals surface area contributed by atoms with Crippen molar-refractivity contribution in [3.8, 4) is 11.6 Å². The topological polar surface area (TPSA) is 107 Å². The first kappa shape index (κ1) is 10.3. The average Bonchev–Trinajstić information content (AvgIpc) is 2.96. The van der Waals surface area contributed by atoms with Crippen LogP contribution < -0.4 is 5.73 Å². The maximum atomic E-state index is 10.9. The number of carboxylic acids is 1. The molecule has 3 rings (SSSR count). The fourth-order valence-electron chi connectivity index (χ4n) is 1.64. The van der Waals surface area contributed by atoms with E-state index in [9.17, 15) is 4.79 Å². The molecule has 3 aromatic rings. The van der Waals surface area contributed by atoms with Gasteiger partial charge in [0.25, 0.3) is 0 Å². The number of aromatic carboxylic acids is 1. The predicted octanol–water partition coefficient (Wildman–Crippen LogP) is 1.27. The number of aromatic nitrogens is 3. The molecule has 0 atom stereocenters. The van der Waals surface area contributed by atoms with Gasteiger partial charge in [-0.15, -0.1) is 5.10 Å². The Labute approximate surface area is 100 Å². The number of nitrogens with two attached hydrogens (primary N) is 1. The van der Waals surface area contributed by atoms with Gasteiger partial charge in [0.2, 0.25) is 5.82 Å². The van der Waals surface area contributed by atoms with Crippen molar-refractivity contribution < 1.29 is 14.3 Å². The largest absolute Gasteiger partial charge is 0.478 e. The molecule has 0 amide bonds. The third kappa shape index (κ3) is 1.49. The summed E-state index contributed by atoms with van der Waals surface area (Å²) < 4.78 is 6.54. The van der Waals surface area contributed by atoms with Gasteiger partial charge in [-0.1, -0.05) is 0 Å². The van der Waals surface area contributed by atoms with Gasteiger partial charge < -0.3 is 15.3 Å². The standard InChI is InChI=1S/C11H8N4O3/c12-8-4-6(11(16)17)5-9-13-10(14-15(8)9)7-2-1-3-18-7/h1-5H,12H2,(H,16,17). The highest BCUT2D eigenvalue weighted by atomic mass is 16.4. The Balaban J connectivity index is 2.23. The Bertz CT molecular complexity index is 730. The van der Waals surface area contributed by atoms with E-state index in [4.69, 9.17) is 15.3 Å². The first-order chi connectivity index (χ1) is 8.65. The Morgan fingerprint density at radius 1 is 1.44 bits per heavy atom. The number of rotatable bonds is 2. The zero-order valence-electron chi connectivity index (χ0n) is 9.07. The first-order valence-electron chi connectivity index (χ1n) is 5.08. The third-order valence-electron chi connectivity index (χ3n) is 2.45. The van der Waals surface area contributed by atoms with E-state index < -0.39 is 5.97 Å². The number of hydrogen-bond acceptors (Lipinski definition) is 5. The lowest BCUT2D eigenvalue weighted by Gasteiger charge is -1.99. The van der Waals surface area contributed by atoms with E-state index in [-0.39, 0.29) is 11.4 Å². The number of nitrogens with zero attached hydrogens (tertiary/aromatic N) is 3. The predicted molar refractivity (Wildman–Crippen MR) is 62.1 cm³/mol. The van der Waals surface area contributed by atoms with Gasteiger partial charge in [-0.2, -0.15) is 4.52 Å². The minimum Gasteiger partial charge on any atom is -0.478 e. The van der Waals surface area contributed by atoms with Crippen molar-refractivity contribution in [3.63, 3.8) is 0 Å². The average molecular weight is 244 g/mol. The van der Waals surface area contributed by atoms with E-state index in [1.807, 2.05) is 0 Å². The van der Waals surface area contributed by atoms with Crippen molar-refractivity contribution >= 4 is 17.4 Å². The van der Waals surface area contributed by atoms with Gasteiger partial charge in [-0.05, 0) is 24.3 Å². The molecule has 0 fully saturated rings. The van der Waals surface area contributed by atoms with Crippen LogP contribution in [-0.4, -0.2) is 25.7 Å². The first-order valence-corrected chi connectivity index (χ1v) is 5.08. The monoisotopic (exact) mass is 244 g/mol. The number of fused-ring (bicyclic) bond motifs is 1. The second-order valence-electron chi connectivity index (χ2n) is 3.66. The molecule has 0 unspecified atom stereocenters. The number of furan rings is 1. The minimum absolute atomic E-state index is 0.0680. The Morgan fingerprint density at radius 2 is 2.28 bits per heavy atom. The molecule has 0 aliphatic carbocycles. The van der Waals surface area contributed by atoms with Crippen molar-refractivity contribution in [1.29, 1.82) is 0 Å². The maximum absolute atomic E-state index is 10.9. The van der Waals surface area contributed by atoms with Crippen molar-refractivity contribution in [2.24, 2.45) is 0 Å². The number of carbonyl (C=O) groups is 1. The molecule has 0 saturated heterocycles. The second-order valence-corrected chi connectivity index (χ2v) is 3.66. The number of nitrogen functional groups attached to an aromatic ring is 1.